The molecule has 0 heterocycles. The number of alkyl halides is 7. The number of amides is 1. The van der Waals surface area contributed by atoms with E-state index >= 15 is 0 Å². The van der Waals surface area contributed by atoms with Crippen LogP contribution in [0.2, 0.25) is 0 Å². The highest BCUT2D eigenvalue weighted by Crippen LogP contribution is 2.55. The first-order valence-electron chi connectivity index (χ1n) is 10.8. The summed E-state index contributed by atoms with van der Waals surface area (Å²) in [4.78, 5) is 12.5. The van der Waals surface area contributed by atoms with Gasteiger partial charge < -0.3 is 15.5 Å². The molecule has 11 heteroatoms. The molecular formula is C22H24F7NO3. The number of nitrogens with one attached hydrogen (secondary N) is 1. The molecule has 1 amide bonds. The Hall–Kier alpha value is -1.88. The molecule has 33 heavy (non-hydrogen) atoms. The van der Waals surface area contributed by atoms with E-state index < -0.39 is 41.7 Å². The standard InChI is InChI=1S/C22H24F7NO3/c23-20(21(24,25)26,22(27,28)29)13-2-4-14-11(7-13)1-3-16-15(14)5-6-17(16)30-18(32)12-8-19(33,9-12)10-31/h2,4,7,12,15-17,31,33H,1,3,5-6,8-10H2,(H,30,32)/t12?,15-,16+,17+,19?/m0/s1. The van der Waals surface area contributed by atoms with Gasteiger partial charge in [-0.3, -0.25) is 4.79 Å². The van der Waals surface area contributed by atoms with Crippen molar-refractivity contribution in [3.8, 4) is 0 Å². The zero-order valence-electron chi connectivity index (χ0n) is 17.4. The molecule has 3 aliphatic carbocycles. The Morgan fingerprint density at radius 3 is 2.24 bits per heavy atom. The molecule has 0 bridgehead atoms. The van der Waals surface area contributed by atoms with Crippen LogP contribution in [0.25, 0.3) is 0 Å². The van der Waals surface area contributed by atoms with Gasteiger partial charge >= 0.3 is 18.0 Å². The van der Waals surface area contributed by atoms with Crippen LogP contribution in [-0.2, 0) is 16.9 Å². The van der Waals surface area contributed by atoms with E-state index in [9.17, 15) is 40.6 Å². The Morgan fingerprint density at radius 2 is 1.67 bits per heavy atom. The predicted molar refractivity (Wildman–Crippen MR) is 102 cm³/mol. The number of rotatable bonds is 4. The second kappa shape index (κ2) is 7.83. The fraction of sp³-hybridized carbons (Fsp3) is 0.682. The first-order chi connectivity index (χ1) is 15.2. The van der Waals surface area contributed by atoms with Crippen molar-refractivity contribution < 1.29 is 45.7 Å². The minimum absolute atomic E-state index is 0.0375. The van der Waals surface area contributed by atoms with Crippen molar-refractivity contribution in [2.24, 2.45) is 11.8 Å². The molecule has 0 unspecified atom stereocenters. The second-order valence-corrected chi connectivity index (χ2v) is 9.56. The lowest BCUT2D eigenvalue weighted by atomic mass is 9.70. The van der Waals surface area contributed by atoms with Crippen molar-refractivity contribution in [3.05, 3.63) is 34.9 Å². The summed E-state index contributed by atoms with van der Waals surface area (Å²) >= 11 is 0. The lowest BCUT2D eigenvalue weighted by Gasteiger charge is -2.42. The molecule has 2 saturated carbocycles. The quantitative estimate of drug-likeness (QED) is 0.567. The van der Waals surface area contributed by atoms with Gasteiger partial charge in [-0.25, -0.2) is 4.39 Å². The van der Waals surface area contributed by atoms with E-state index in [1.165, 1.54) is 0 Å². The molecule has 0 spiro atoms. The van der Waals surface area contributed by atoms with Crippen molar-refractivity contribution in [3.63, 3.8) is 0 Å². The topological polar surface area (TPSA) is 69.6 Å². The first kappa shape index (κ1) is 24.3. The van der Waals surface area contributed by atoms with Crippen LogP contribution in [-0.4, -0.2) is 46.7 Å². The molecule has 1 aromatic rings. The fourth-order valence-corrected chi connectivity index (χ4v) is 5.72. The summed E-state index contributed by atoms with van der Waals surface area (Å²) in [5, 5.41) is 21.9. The maximum absolute atomic E-state index is 14.4. The number of hydrogen-bond donors (Lipinski definition) is 3. The summed E-state index contributed by atoms with van der Waals surface area (Å²) < 4.78 is 93.1. The van der Waals surface area contributed by atoms with Crippen molar-refractivity contribution in [2.45, 2.75) is 74.1 Å². The molecule has 184 valence electrons. The Bertz CT molecular complexity index is 910. The van der Waals surface area contributed by atoms with E-state index in [4.69, 9.17) is 5.11 Å². The van der Waals surface area contributed by atoms with Crippen LogP contribution in [0.3, 0.4) is 0 Å². The van der Waals surface area contributed by atoms with Crippen LogP contribution < -0.4 is 5.32 Å². The van der Waals surface area contributed by atoms with Gasteiger partial charge in [-0.1, -0.05) is 18.2 Å². The summed E-state index contributed by atoms with van der Waals surface area (Å²) in [6, 6.07) is 2.20. The van der Waals surface area contributed by atoms with Gasteiger partial charge in [0.15, 0.2) is 0 Å². The number of carbonyl (C=O) groups excluding carboxylic acids is 1. The number of aryl methyl sites for hydroxylation is 1. The lowest BCUT2D eigenvalue weighted by molar-refractivity contribution is -0.348. The normalized spacial score (nSPS) is 32.0. The smallest absolute Gasteiger partial charge is 0.393 e. The molecule has 0 saturated heterocycles. The van der Waals surface area contributed by atoms with Crippen molar-refractivity contribution in [2.75, 3.05) is 6.61 Å². The highest BCUT2D eigenvalue weighted by Gasteiger charge is 2.73. The lowest BCUT2D eigenvalue weighted by Crippen LogP contribution is -2.54. The Kier molecular flexibility index (Phi) is 5.75. The number of aliphatic hydroxyl groups excluding tert-OH is 1. The number of carbonyl (C=O) groups is 1. The van der Waals surface area contributed by atoms with Crippen molar-refractivity contribution >= 4 is 5.91 Å². The molecule has 3 atom stereocenters. The van der Waals surface area contributed by atoms with Gasteiger partial charge in [-0.15, -0.1) is 0 Å². The maximum Gasteiger partial charge on any atom is 0.435 e. The highest BCUT2D eigenvalue weighted by molar-refractivity contribution is 5.80. The summed E-state index contributed by atoms with van der Waals surface area (Å²) in [5.41, 5.74) is -7.29. The third-order valence-corrected chi connectivity index (χ3v) is 7.54. The highest BCUT2D eigenvalue weighted by atomic mass is 19.4. The summed E-state index contributed by atoms with van der Waals surface area (Å²) in [6.45, 7) is -0.424. The van der Waals surface area contributed by atoms with Crippen molar-refractivity contribution in [1.29, 1.82) is 0 Å². The van der Waals surface area contributed by atoms with E-state index in [0.717, 1.165) is 6.07 Å². The molecule has 2 fully saturated rings. The minimum Gasteiger partial charge on any atom is -0.393 e. The SMILES string of the molecule is O=C(N[C@@H]1CC[C@H]2c3ccc(C(F)(C(F)(F)F)C(F)(F)F)cc3CC[C@@H]12)C1CC(O)(CO)C1. The fourth-order valence-electron chi connectivity index (χ4n) is 5.72. The van der Waals surface area contributed by atoms with Crippen LogP contribution in [0.4, 0.5) is 30.7 Å². The molecule has 0 radical (unpaired) electrons. The average molecular weight is 483 g/mol. The number of benzene rings is 1. The van der Waals surface area contributed by atoms with E-state index in [0.29, 0.717) is 37.0 Å². The van der Waals surface area contributed by atoms with Gasteiger partial charge in [0.1, 0.15) is 0 Å². The van der Waals surface area contributed by atoms with Gasteiger partial charge in [0, 0.05) is 17.5 Å². The van der Waals surface area contributed by atoms with Gasteiger partial charge in [-0.2, -0.15) is 26.3 Å². The molecule has 4 nitrogen and oxygen atoms in total. The van der Waals surface area contributed by atoms with Crippen LogP contribution in [0.5, 0.6) is 0 Å². The molecule has 3 N–H and O–H groups in total. The van der Waals surface area contributed by atoms with Gasteiger partial charge in [0.25, 0.3) is 0 Å². The van der Waals surface area contributed by atoms with Gasteiger partial charge in [-0.05, 0) is 61.5 Å². The number of halogens is 7. The number of fused-ring (bicyclic) bond motifs is 3. The Balaban J connectivity index is 1.51. The van der Waals surface area contributed by atoms with Crippen LogP contribution in [0.1, 0.15) is 54.7 Å². The largest absolute Gasteiger partial charge is 0.435 e. The Morgan fingerprint density at radius 1 is 1.03 bits per heavy atom. The van der Waals surface area contributed by atoms with Crippen LogP contribution in [0.15, 0.2) is 18.2 Å². The summed E-state index contributed by atoms with van der Waals surface area (Å²) in [6.07, 6.45) is -10.2. The van der Waals surface area contributed by atoms with Crippen molar-refractivity contribution in [1.82, 2.24) is 5.32 Å². The maximum atomic E-state index is 14.4. The zero-order chi connectivity index (χ0) is 24.4. The summed E-state index contributed by atoms with van der Waals surface area (Å²) in [7, 11) is 0. The van der Waals surface area contributed by atoms with Crippen LogP contribution >= 0.6 is 0 Å². The van der Waals surface area contributed by atoms with E-state index in [2.05, 4.69) is 5.32 Å². The molecule has 0 aliphatic heterocycles. The molecule has 0 aromatic heterocycles. The molecule has 3 aliphatic rings. The minimum atomic E-state index is -6.15. The molecular weight excluding hydrogens is 459 g/mol. The molecule has 1 aromatic carbocycles. The van der Waals surface area contributed by atoms with Gasteiger partial charge in [0.2, 0.25) is 5.91 Å². The Labute approximate surface area is 185 Å². The zero-order valence-corrected chi connectivity index (χ0v) is 17.4. The molecule has 4 rings (SSSR count). The first-order valence-corrected chi connectivity index (χ1v) is 10.8. The van der Waals surface area contributed by atoms with E-state index in [1.807, 2.05) is 0 Å². The third-order valence-electron chi connectivity index (χ3n) is 7.54. The third kappa shape index (κ3) is 3.90. The second-order valence-electron chi connectivity index (χ2n) is 9.56. The predicted octanol–water partition coefficient (Wildman–Crippen LogP) is 4.03. The summed E-state index contributed by atoms with van der Waals surface area (Å²) in [5.74, 6) is -0.848. The van der Waals surface area contributed by atoms with Gasteiger partial charge in [0.05, 0.1) is 12.2 Å². The van der Waals surface area contributed by atoms with E-state index in [-0.39, 0.29) is 48.6 Å². The average Bonchev–Trinajstić information content (AvgIpc) is 3.11. The van der Waals surface area contributed by atoms with Crippen LogP contribution in [0, 0.1) is 11.8 Å². The number of hydrogen-bond acceptors (Lipinski definition) is 3. The monoisotopic (exact) mass is 483 g/mol. The number of aliphatic hydroxyl groups is 2. The van der Waals surface area contributed by atoms with E-state index in [1.54, 1.807) is 0 Å².